The first-order valence-electron chi connectivity index (χ1n) is 10.5. The number of piperidine rings is 1. The number of likely N-dealkylation sites (tertiary alicyclic amines) is 1. The number of aryl methyl sites for hydroxylation is 2. The van der Waals surface area contributed by atoms with E-state index < -0.39 is 0 Å². The van der Waals surface area contributed by atoms with Crippen LogP contribution in [0.15, 0.2) is 48.2 Å². The van der Waals surface area contributed by atoms with Gasteiger partial charge in [0.05, 0.1) is 11.3 Å². The maximum atomic E-state index is 13.6. The van der Waals surface area contributed by atoms with Crippen LogP contribution in [0.3, 0.4) is 0 Å². The first-order chi connectivity index (χ1) is 14.2. The molecule has 2 unspecified atom stereocenters. The molecule has 2 aliphatic rings. The van der Waals surface area contributed by atoms with Crippen LogP contribution in [-0.4, -0.2) is 29.8 Å². The van der Waals surface area contributed by atoms with Crippen molar-refractivity contribution in [1.82, 2.24) is 4.90 Å². The molecule has 1 fully saturated rings. The molecule has 5 heteroatoms. The lowest BCUT2D eigenvalue weighted by Gasteiger charge is -2.37. The Balaban J connectivity index is 1.85. The highest BCUT2D eigenvalue weighted by Gasteiger charge is 2.43. The van der Waals surface area contributed by atoms with Gasteiger partial charge in [-0.25, -0.2) is 9.29 Å². The Bertz CT molecular complexity index is 1010. The van der Waals surface area contributed by atoms with Crippen LogP contribution in [0.5, 0.6) is 0 Å². The summed E-state index contributed by atoms with van der Waals surface area (Å²) in [7, 11) is 0. The van der Waals surface area contributed by atoms with Crippen LogP contribution >= 0.6 is 0 Å². The summed E-state index contributed by atoms with van der Waals surface area (Å²) in [4.78, 5) is 30.5. The number of benzene rings is 2. The molecule has 2 aromatic rings. The minimum absolute atomic E-state index is 0.300. The average Bonchev–Trinajstić information content (AvgIpc) is 2.91. The Kier molecular flexibility index (Phi) is 5.22. The molecule has 0 aromatic heterocycles. The topological polar surface area (TPSA) is 40.6 Å². The van der Waals surface area contributed by atoms with Crippen molar-refractivity contribution in [3.05, 3.63) is 70.7 Å². The molecule has 4 rings (SSSR count). The normalized spacial score (nSPS) is 22.3. The number of hydrogen-bond acceptors (Lipinski definition) is 3. The van der Waals surface area contributed by atoms with Crippen molar-refractivity contribution in [2.45, 2.75) is 34.1 Å². The number of nitrogens with zero attached hydrogens (tertiary/aromatic N) is 2. The third kappa shape index (κ3) is 3.64. The Morgan fingerprint density at radius 2 is 1.43 bits per heavy atom. The van der Waals surface area contributed by atoms with Crippen LogP contribution < -0.4 is 4.90 Å². The van der Waals surface area contributed by atoms with E-state index in [2.05, 4.69) is 18.7 Å². The maximum absolute atomic E-state index is 13.6. The summed E-state index contributed by atoms with van der Waals surface area (Å²) in [6.07, 6.45) is 1.10. The van der Waals surface area contributed by atoms with Gasteiger partial charge in [0.2, 0.25) is 0 Å². The molecule has 2 aliphatic heterocycles. The Morgan fingerprint density at radius 3 is 2.00 bits per heavy atom. The molecule has 0 spiro atoms. The largest absolute Gasteiger partial charge is 0.366 e. The lowest BCUT2D eigenvalue weighted by Crippen LogP contribution is -2.42. The fraction of sp³-hybridized carbons (Fsp3) is 0.360. The molecule has 2 atom stereocenters. The van der Waals surface area contributed by atoms with Gasteiger partial charge in [0.1, 0.15) is 11.5 Å². The summed E-state index contributed by atoms with van der Waals surface area (Å²) < 4.78 is 13.5. The first-order valence-corrected chi connectivity index (χ1v) is 10.5. The minimum Gasteiger partial charge on any atom is -0.366 e. The van der Waals surface area contributed by atoms with Gasteiger partial charge < -0.3 is 4.90 Å². The lowest BCUT2D eigenvalue weighted by atomic mass is 9.91. The summed E-state index contributed by atoms with van der Waals surface area (Å²) >= 11 is 0. The maximum Gasteiger partial charge on any atom is 0.282 e. The van der Waals surface area contributed by atoms with Crippen molar-refractivity contribution < 1.29 is 14.0 Å². The van der Waals surface area contributed by atoms with E-state index in [1.165, 1.54) is 17.0 Å². The molecule has 2 heterocycles. The molecular formula is C25H27FN2O2. The number of halogens is 1. The second-order valence-corrected chi connectivity index (χ2v) is 8.87. The van der Waals surface area contributed by atoms with E-state index in [-0.39, 0.29) is 17.6 Å². The van der Waals surface area contributed by atoms with Crippen molar-refractivity contribution in [1.29, 1.82) is 0 Å². The molecule has 0 bridgehead atoms. The van der Waals surface area contributed by atoms with Gasteiger partial charge in [0.15, 0.2) is 0 Å². The smallest absolute Gasteiger partial charge is 0.282 e. The molecule has 1 saturated heterocycles. The molecule has 4 nitrogen and oxygen atoms in total. The van der Waals surface area contributed by atoms with E-state index in [0.29, 0.717) is 34.4 Å². The van der Waals surface area contributed by atoms with Crippen LogP contribution in [-0.2, 0) is 9.59 Å². The van der Waals surface area contributed by atoms with Gasteiger partial charge in [0.25, 0.3) is 11.8 Å². The summed E-state index contributed by atoms with van der Waals surface area (Å²) in [5, 5.41) is 0. The first kappa shape index (κ1) is 20.3. The van der Waals surface area contributed by atoms with Crippen molar-refractivity contribution >= 4 is 23.1 Å². The number of amides is 2. The van der Waals surface area contributed by atoms with Gasteiger partial charge in [0, 0.05) is 13.1 Å². The molecule has 156 valence electrons. The van der Waals surface area contributed by atoms with Crippen LogP contribution in [0.1, 0.15) is 37.0 Å². The Labute approximate surface area is 177 Å². The van der Waals surface area contributed by atoms with Gasteiger partial charge >= 0.3 is 0 Å². The number of rotatable bonds is 3. The minimum atomic E-state index is -0.371. The highest BCUT2D eigenvalue weighted by atomic mass is 19.1. The van der Waals surface area contributed by atoms with Crippen LogP contribution in [0, 0.1) is 31.5 Å². The van der Waals surface area contributed by atoms with Gasteiger partial charge in [-0.1, -0.05) is 32.0 Å². The van der Waals surface area contributed by atoms with Crippen LogP contribution in [0.2, 0.25) is 0 Å². The highest BCUT2D eigenvalue weighted by molar-refractivity contribution is 6.45. The van der Waals surface area contributed by atoms with Gasteiger partial charge in [-0.05, 0) is 73.1 Å². The molecule has 0 radical (unpaired) electrons. The van der Waals surface area contributed by atoms with Crippen molar-refractivity contribution in [3.63, 3.8) is 0 Å². The summed E-state index contributed by atoms with van der Waals surface area (Å²) in [5.74, 6) is -0.171. The van der Waals surface area contributed by atoms with E-state index >= 15 is 0 Å². The molecule has 0 aliphatic carbocycles. The van der Waals surface area contributed by atoms with Gasteiger partial charge in [-0.3, -0.25) is 9.59 Å². The standard InChI is InChI=1S/C25H27FN2O2/c1-15-9-16(2)12-21(11-15)28-24(29)22(19-5-7-20(26)8-6-19)23(25(28)30)27-13-17(3)10-18(4)14-27/h5-9,11-12,17-18H,10,13-14H2,1-4H3. The summed E-state index contributed by atoms with van der Waals surface area (Å²) in [5.41, 5.74) is 3.92. The van der Waals surface area contributed by atoms with Crippen molar-refractivity contribution in [2.75, 3.05) is 18.0 Å². The highest BCUT2D eigenvalue weighted by Crippen LogP contribution is 2.37. The zero-order chi connectivity index (χ0) is 21.6. The third-order valence-electron chi connectivity index (χ3n) is 5.84. The van der Waals surface area contributed by atoms with E-state index in [1.54, 1.807) is 12.1 Å². The molecule has 30 heavy (non-hydrogen) atoms. The second-order valence-electron chi connectivity index (χ2n) is 8.87. The monoisotopic (exact) mass is 406 g/mol. The Morgan fingerprint density at radius 1 is 0.867 bits per heavy atom. The fourth-order valence-corrected chi connectivity index (χ4v) is 4.85. The number of carbonyl (C=O) groups excluding carboxylic acids is 2. The van der Waals surface area contributed by atoms with Crippen molar-refractivity contribution in [2.24, 2.45) is 11.8 Å². The van der Waals surface area contributed by atoms with E-state index in [9.17, 15) is 14.0 Å². The number of carbonyl (C=O) groups is 2. The molecule has 2 aromatic carbocycles. The van der Waals surface area contributed by atoms with Gasteiger partial charge in [-0.15, -0.1) is 0 Å². The number of hydrogen-bond donors (Lipinski definition) is 0. The quantitative estimate of drug-likeness (QED) is 0.694. The second kappa shape index (κ2) is 7.71. The number of imide groups is 1. The molecule has 2 amide bonds. The zero-order valence-electron chi connectivity index (χ0n) is 17.9. The predicted molar refractivity (Wildman–Crippen MR) is 116 cm³/mol. The zero-order valence-corrected chi connectivity index (χ0v) is 17.9. The third-order valence-corrected chi connectivity index (χ3v) is 5.84. The summed E-state index contributed by atoms with van der Waals surface area (Å²) in [6, 6.07) is 11.6. The predicted octanol–water partition coefficient (Wildman–Crippen LogP) is 4.70. The lowest BCUT2D eigenvalue weighted by molar-refractivity contribution is -0.120. The van der Waals surface area contributed by atoms with Crippen LogP contribution in [0.25, 0.3) is 5.57 Å². The molecular weight excluding hydrogens is 379 g/mol. The van der Waals surface area contributed by atoms with E-state index in [1.807, 2.05) is 32.0 Å². The fourth-order valence-electron chi connectivity index (χ4n) is 4.85. The molecule has 0 saturated carbocycles. The summed E-state index contributed by atoms with van der Waals surface area (Å²) in [6.45, 7) is 9.69. The van der Waals surface area contributed by atoms with Crippen molar-refractivity contribution in [3.8, 4) is 0 Å². The molecule has 0 N–H and O–H groups in total. The Hall–Kier alpha value is -2.95. The SMILES string of the molecule is Cc1cc(C)cc(N2C(=O)C(c3ccc(F)cc3)=C(N3CC(C)CC(C)C3)C2=O)c1. The van der Waals surface area contributed by atoms with Gasteiger partial charge in [-0.2, -0.15) is 0 Å². The van der Waals surface area contributed by atoms with E-state index in [4.69, 9.17) is 0 Å². The van der Waals surface area contributed by atoms with Crippen LogP contribution in [0.4, 0.5) is 10.1 Å². The van der Waals surface area contributed by atoms with E-state index in [0.717, 1.165) is 30.6 Å². The average molecular weight is 407 g/mol. The number of anilines is 1.